The van der Waals surface area contributed by atoms with Crippen LogP contribution in [0.5, 0.6) is 0 Å². The molecular formula is C15H15Cl2FN2. The Hall–Kier alpha value is -1.32. The number of nitrogens with one attached hydrogen (secondary N) is 1. The fourth-order valence-electron chi connectivity index (χ4n) is 2.02. The lowest BCUT2D eigenvalue weighted by Gasteiger charge is -2.18. The summed E-state index contributed by atoms with van der Waals surface area (Å²) in [5.74, 6) is -0.474. The predicted octanol–water partition coefficient (Wildman–Crippen LogP) is 5.32. The molecule has 0 saturated carbocycles. The van der Waals surface area contributed by atoms with Crippen molar-refractivity contribution in [3.05, 3.63) is 57.1 Å². The van der Waals surface area contributed by atoms with Gasteiger partial charge in [0.25, 0.3) is 0 Å². The Bertz CT molecular complexity index is 644. The van der Waals surface area contributed by atoms with E-state index in [1.165, 1.54) is 12.1 Å². The summed E-state index contributed by atoms with van der Waals surface area (Å²) in [7, 11) is 0. The van der Waals surface area contributed by atoms with E-state index < -0.39 is 5.82 Å². The Morgan fingerprint density at radius 3 is 2.50 bits per heavy atom. The molecule has 1 aromatic carbocycles. The molecule has 0 saturated heterocycles. The summed E-state index contributed by atoms with van der Waals surface area (Å²) in [6.07, 6.45) is 0. The quantitative estimate of drug-likeness (QED) is 0.776. The average Bonchev–Trinajstić information content (AvgIpc) is 2.37. The van der Waals surface area contributed by atoms with Crippen molar-refractivity contribution in [2.45, 2.75) is 26.8 Å². The molecule has 2 rings (SSSR count). The lowest BCUT2D eigenvalue weighted by molar-refractivity contribution is 0.624. The van der Waals surface area contributed by atoms with Crippen LogP contribution in [-0.4, -0.2) is 4.98 Å². The first-order chi connectivity index (χ1) is 9.38. The Morgan fingerprint density at radius 2 is 1.85 bits per heavy atom. The van der Waals surface area contributed by atoms with Gasteiger partial charge >= 0.3 is 0 Å². The molecule has 106 valence electrons. The summed E-state index contributed by atoms with van der Waals surface area (Å²) in [4.78, 5) is 4.38. The van der Waals surface area contributed by atoms with E-state index in [0.717, 1.165) is 17.1 Å². The molecule has 0 aliphatic carbocycles. The molecule has 1 heterocycles. The predicted molar refractivity (Wildman–Crippen MR) is 82.2 cm³/mol. The standard InChI is InChI=1S/C15H15Cl2FN2/c1-8-4-5-15(10(3)19-8)20-9(2)11-6-14(18)13(17)7-12(11)16/h4-7,9,20H,1-3H3. The minimum Gasteiger partial charge on any atom is -0.377 e. The molecule has 1 unspecified atom stereocenters. The van der Waals surface area contributed by atoms with E-state index in [2.05, 4.69) is 10.3 Å². The first-order valence-electron chi connectivity index (χ1n) is 6.23. The van der Waals surface area contributed by atoms with E-state index in [4.69, 9.17) is 23.2 Å². The molecule has 1 aromatic heterocycles. The molecule has 5 heteroatoms. The van der Waals surface area contributed by atoms with Gasteiger partial charge in [0.2, 0.25) is 0 Å². The van der Waals surface area contributed by atoms with E-state index in [1.54, 1.807) is 0 Å². The van der Waals surface area contributed by atoms with Crippen LogP contribution in [0.2, 0.25) is 10.0 Å². The van der Waals surface area contributed by atoms with Crippen LogP contribution >= 0.6 is 23.2 Å². The number of rotatable bonds is 3. The van der Waals surface area contributed by atoms with Gasteiger partial charge in [-0.1, -0.05) is 23.2 Å². The van der Waals surface area contributed by atoms with Gasteiger partial charge in [0, 0.05) is 10.7 Å². The molecule has 20 heavy (non-hydrogen) atoms. The molecule has 0 amide bonds. The number of aromatic nitrogens is 1. The first-order valence-corrected chi connectivity index (χ1v) is 6.99. The van der Waals surface area contributed by atoms with Crippen LogP contribution in [0.4, 0.5) is 10.1 Å². The van der Waals surface area contributed by atoms with Crippen molar-refractivity contribution in [2.24, 2.45) is 0 Å². The van der Waals surface area contributed by atoms with Gasteiger partial charge in [-0.05, 0) is 50.6 Å². The van der Waals surface area contributed by atoms with Crippen LogP contribution in [0.1, 0.15) is 29.9 Å². The number of anilines is 1. The molecule has 0 aliphatic heterocycles. The third-order valence-corrected chi connectivity index (χ3v) is 3.72. The Balaban J connectivity index is 2.28. The normalized spacial score (nSPS) is 12.3. The second-order valence-corrected chi connectivity index (χ2v) is 5.55. The smallest absolute Gasteiger partial charge is 0.142 e. The zero-order chi connectivity index (χ0) is 14.9. The van der Waals surface area contributed by atoms with E-state index in [9.17, 15) is 4.39 Å². The van der Waals surface area contributed by atoms with Crippen molar-refractivity contribution in [3.8, 4) is 0 Å². The molecule has 2 aromatic rings. The highest BCUT2D eigenvalue weighted by molar-refractivity contribution is 6.35. The molecule has 0 radical (unpaired) electrons. The molecule has 0 fully saturated rings. The zero-order valence-corrected chi connectivity index (χ0v) is 13.0. The lowest BCUT2D eigenvalue weighted by atomic mass is 10.1. The summed E-state index contributed by atoms with van der Waals surface area (Å²) >= 11 is 11.8. The van der Waals surface area contributed by atoms with Crippen molar-refractivity contribution in [1.82, 2.24) is 4.98 Å². The number of halogens is 3. The maximum Gasteiger partial charge on any atom is 0.142 e. The molecule has 1 atom stereocenters. The maximum absolute atomic E-state index is 13.6. The van der Waals surface area contributed by atoms with E-state index in [0.29, 0.717) is 10.6 Å². The third kappa shape index (κ3) is 3.22. The van der Waals surface area contributed by atoms with Crippen molar-refractivity contribution in [1.29, 1.82) is 0 Å². The number of aryl methyl sites for hydroxylation is 2. The number of nitrogens with zero attached hydrogens (tertiary/aromatic N) is 1. The third-order valence-electron chi connectivity index (χ3n) is 3.10. The largest absolute Gasteiger partial charge is 0.377 e. The number of pyridine rings is 1. The molecular weight excluding hydrogens is 298 g/mol. The molecule has 0 spiro atoms. The summed E-state index contributed by atoms with van der Waals surface area (Å²) in [5, 5.41) is 3.75. The Labute approximate surface area is 127 Å². The minimum absolute atomic E-state index is 0.0270. The van der Waals surface area contributed by atoms with Gasteiger partial charge in [-0.3, -0.25) is 4.98 Å². The van der Waals surface area contributed by atoms with Crippen LogP contribution in [0, 0.1) is 19.7 Å². The Kier molecular flexibility index (Phi) is 4.51. The van der Waals surface area contributed by atoms with Crippen LogP contribution in [0.15, 0.2) is 24.3 Å². The van der Waals surface area contributed by atoms with Gasteiger partial charge in [0.1, 0.15) is 5.82 Å². The van der Waals surface area contributed by atoms with Crippen LogP contribution in [-0.2, 0) is 0 Å². The fourth-order valence-corrected chi connectivity index (χ4v) is 2.57. The molecule has 0 bridgehead atoms. The second-order valence-electron chi connectivity index (χ2n) is 4.74. The zero-order valence-electron chi connectivity index (χ0n) is 11.5. The van der Waals surface area contributed by atoms with Crippen LogP contribution in [0.25, 0.3) is 0 Å². The lowest BCUT2D eigenvalue weighted by Crippen LogP contribution is -2.09. The monoisotopic (exact) mass is 312 g/mol. The maximum atomic E-state index is 13.6. The molecule has 1 N–H and O–H groups in total. The topological polar surface area (TPSA) is 24.9 Å². The highest BCUT2D eigenvalue weighted by atomic mass is 35.5. The Morgan fingerprint density at radius 1 is 1.15 bits per heavy atom. The fraction of sp³-hybridized carbons (Fsp3) is 0.267. The van der Waals surface area contributed by atoms with Gasteiger partial charge in [0.05, 0.1) is 22.4 Å². The van der Waals surface area contributed by atoms with Gasteiger partial charge in [-0.25, -0.2) is 4.39 Å². The summed E-state index contributed by atoms with van der Waals surface area (Å²) in [6, 6.07) is 6.50. The minimum atomic E-state index is -0.474. The van der Waals surface area contributed by atoms with Crippen molar-refractivity contribution < 1.29 is 4.39 Å². The SMILES string of the molecule is Cc1ccc(NC(C)c2cc(F)c(Cl)cc2Cl)c(C)n1. The number of hydrogen-bond donors (Lipinski definition) is 1. The van der Waals surface area contributed by atoms with Crippen molar-refractivity contribution in [3.63, 3.8) is 0 Å². The van der Waals surface area contributed by atoms with Gasteiger partial charge in [0.15, 0.2) is 0 Å². The van der Waals surface area contributed by atoms with Gasteiger partial charge in [-0.2, -0.15) is 0 Å². The van der Waals surface area contributed by atoms with E-state index in [-0.39, 0.29) is 11.1 Å². The average molecular weight is 313 g/mol. The van der Waals surface area contributed by atoms with E-state index >= 15 is 0 Å². The van der Waals surface area contributed by atoms with Gasteiger partial charge < -0.3 is 5.32 Å². The number of hydrogen-bond acceptors (Lipinski definition) is 2. The van der Waals surface area contributed by atoms with Crippen molar-refractivity contribution in [2.75, 3.05) is 5.32 Å². The van der Waals surface area contributed by atoms with E-state index in [1.807, 2.05) is 32.9 Å². The highest BCUT2D eigenvalue weighted by Gasteiger charge is 2.14. The van der Waals surface area contributed by atoms with Crippen LogP contribution in [0.3, 0.4) is 0 Å². The molecule has 0 aliphatic rings. The number of benzene rings is 1. The summed E-state index contributed by atoms with van der Waals surface area (Å²) in [6.45, 7) is 5.77. The first kappa shape index (κ1) is 15.1. The van der Waals surface area contributed by atoms with Crippen LogP contribution < -0.4 is 5.32 Å². The summed E-state index contributed by atoms with van der Waals surface area (Å²) in [5.41, 5.74) is 3.40. The second kappa shape index (κ2) is 5.98. The molecule has 2 nitrogen and oxygen atoms in total. The van der Waals surface area contributed by atoms with Crippen molar-refractivity contribution >= 4 is 28.9 Å². The highest BCUT2D eigenvalue weighted by Crippen LogP contribution is 2.30. The summed E-state index contributed by atoms with van der Waals surface area (Å²) < 4.78 is 13.6. The van der Waals surface area contributed by atoms with Gasteiger partial charge in [-0.15, -0.1) is 0 Å².